The highest BCUT2D eigenvalue weighted by molar-refractivity contribution is 5.93. The van der Waals surface area contributed by atoms with E-state index in [9.17, 15) is 14.9 Å². The molecular weight excluding hydrogens is 352 g/mol. The summed E-state index contributed by atoms with van der Waals surface area (Å²) in [6.07, 6.45) is 2.23. The van der Waals surface area contributed by atoms with Crippen molar-refractivity contribution in [2.24, 2.45) is 16.8 Å². The number of esters is 2. The van der Waals surface area contributed by atoms with Crippen molar-refractivity contribution in [2.45, 2.75) is 52.2 Å². The van der Waals surface area contributed by atoms with Gasteiger partial charge in [0.1, 0.15) is 0 Å². The molecule has 0 aromatic carbocycles. The number of hydrogen-bond donors (Lipinski definition) is 0. The van der Waals surface area contributed by atoms with Crippen molar-refractivity contribution in [3.05, 3.63) is 0 Å². The third-order valence-corrected chi connectivity index (χ3v) is 4.37. The van der Waals surface area contributed by atoms with Crippen molar-refractivity contribution in [3.8, 4) is 6.07 Å². The van der Waals surface area contributed by atoms with Gasteiger partial charge in [0.15, 0.2) is 5.92 Å². The molecule has 152 valence electrons. The number of carbonyl (C=O) groups is 2. The van der Waals surface area contributed by atoms with Crippen molar-refractivity contribution in [1.29, 1.82) is 5.26 Å². The lowest BCUT2D eigenvalue weighted by Gasteiger charge is -2.42. The average Bonchev–Trinajstić information content (AvgIpc) is 2.59. The van der Waals surface area contributed by atoms with E-state index in [1.165, 1.54) is 13.8 Å². The number of hydrogen-bond acceptors (Lipinski definition) is 8. The van der Waals surface area contributed by atoms with Crippen LogP contribution in [-0.4, -0.2) is 56.9 Å². The zero-order valence-electron chi connectivity index (χ0n) is 16.7. The standard InChI is InChI=1S/C19H30N2O6/c1-5-25-12-8-16-7-9-19(26-14(2)22,27-15(3)23)17(13-20)18(16)21-10-6-11-24-4/h16-17H,5-12H2,1-4H3. The predicted molar refractivity (Wildman–Crippen MR) is 98.0 cm³/mol. The molecule has 1 rings (SSSR count). The smallest absolute Gasteiger partial charge is 0.305 e. The number of ether oxygens (including phenoxy) is 4. The van der Waals surface area contributed by atoms with Gasteiger partial charge in [-0.2, -0.15) is 5.26 Å². The summed E-state index contributed by atoms with van der Waals surface area (Å²) in [5, 5.41) is 9.85. The van der Waals surface area contributed by atoms with Crippen LogP contribution in [0.2, 0.25) is 0 Å². The quantitative estimate of drug-likeness (QED) is 0.324. The zero-order valence-corrected chi connectivity index (χ0v) is 16.7. The van der Waals surface area contributed by atoms with Gasteiger partial charge < -0.3 is 18.9 Å². The number of nitrogens with zero attached hydrogens (tertiary/aromatic N) is 2. The van der Waals surface area contributed by atoms with Gasteiger partial charge in [0.25, 0.3) is 5.79 Å². The Morgan fingerprint density at radius 1 is 1.26 bits per heavy atom. The van der Waals surface area contributed by atoms with Crippen molar-refractivity contribution in [3.63, 3.8) is 0 Å². The van der Waals surface area contributed by atoms with Gasteiger partial charge in [-0.3, -0.25) is 14.6 Å². The van der Waals surface area contributed by atoms with Crippen LogP contribution in [0.3, 0.4) is 0 Å². The second-order valence-corrected chi connectivity index (χ2v) is 6.44. The van der Waals surface area contributed by atoms with E-state index in [0.717, 1.165) is 0 Å². The molecule has 0 heterocycles. The van der Waals surface area contributed by atoms with Crippen molar-refractivity contribution in [2.75, 3.05) is 33.5 Å². The number of nitriles is 1. The van der Waals surface area contributed by atoms with Crippen LogP contribution in [-0.2, 0) is 28.5 Å². The molecule has 1 aliphatic rings. The van der Waals surface area contributed by atoms with Crippen LogP contribution in [0, 0.1) is 23.2 Å². The van der Waals surface area contributed by atoms with Crippen molar-refractivity contribution < 1.29 is 28.5 Å². The predicted octanol–water partition coefficient (Wildman–Crippen LogP) is 2.26. The summed E-state index contributed by atoms with van der Waals surface area (Å²) in [6, 6.07) is 2.16. The van der Waals surface area contributed by atoms with Crippen LogP contribution in [0.15, 0.2) is 4.99 Å². The zero-order chi connectivity index (χ0) is 20.3. The molecule has 2 atom stereocenters. The Kier molecular flexibility index (Phi) is 9.97. The van der Waals surface area contributed by atoms with Crippen LogP contribution in [0.4, 0.5) is 0 Å². The largest absolute Gasteiger partial charge is 0.421 e. The van der Waals surface area contributed by atoms with Gasteiger partial charge in [-0.1, -0.05) is 0 Å². The van der Waals surface area contributed by atoms with E-state index in [1.807, 2.05) is 6.92 Å². The highest BCUT2D eigenvalue weighted by Gasteiger charge is 2.53. The SMILES string of the molecule is CCOCCC1CCC(OC(C)=O)(OC(C)=O)C(C#N)C1=NCCCOC. The summed E-state index contributed by atoms with van der Waals surface area (Å²) >= 11 is 0. The highest BCUT2D eigenvalue weighted by atomic mass is 16.7. The Hall–Kier alpha value is -1.98. The molecule has 0 saturated heterocycles. The van der Waals surface area contributed by atoms with E-state index in [2.05, 4.69) is 11.1 Å². The van der Waals surface area contributed by atoms with Gasteiger partial charge in [-0.25, -0.2) is 0 Å². The van der Waals surface area contributed by atoms with Crippen molar-refractivity contribution in [1.82, 2.24) is 0 Å². The van der Waals surface area contributed by atoms with E-state index >= 15 is 0 Å². The maximum atomic E-state index is 11.7. The second kappa shape index (κ2) is 11.7. The third-order valence-electron chi connectivity index (χ3n) is 4.37. The first kappa shape index (κ1) is 23.1. The summed E-state index contributed by atoms with van der Waals surface area (Å²) < 4.78 is 21.3. The Morgan fingerprint density at radius 3 is 2.44 bits per heavy atom. The normalized spacial score (nSPS) is 22.9. The Balaban J connectivity index is 3.17. The number of methoxy groups -OCH3 is 1. The van der Waals surface area contributed by atoms with Crippen LogP contribution in [0.25, 0.3) is 0 Å². The molecule has 1 fully saturated rings. The topological polar surface area (TPSA) is 107 Å². The average molecular weight is 382 g/mol. The van der Waals surface area contributed by atoms with Crippen LogP contribution < -0.4 is 0 Å². The Bertz CT molecular complexity index is 553. The molecule has 1 aliphatic carbocycles. The number of rotatable bonds is 10. The van der Waals surface area contributed by atoms with Gasteiger partial charge in [-0.15, -0.1) is 0 Å². The fourth-order valence-electron chi connectivity index (χ4n) is 3.32. The monoisotopic (exact) mass is 382 g/mol. The molecular formula is C19H30N2O6. The van der Waals surface area contributed by atoms with Crippen LogP contribution in [0.5, 0.6) is 0 Å². The summed E-state index contributed by atoms with van der Waals surface area (Å²) in [7, 11) is 1.61. The Morgan fingerprint density at radius 2 is 1.93 bits per heavy atom. The molecule has 0 bridgehead atoms. The number of aliphatic imine (C=N–C) groups is 1. The summed E-state index contributed by atoms with van der Waals surface area (Å²) in [6.45, 7) is 6.57. The highest BCUT2D eigenvalue weighted by Crippen LogP contribution is 2.40. The molecule has 0 radical (unpaired) electrons. The molecule has 0 amide bonds. The molecule has 8 heteroatoms. The molecule has 0 N–H and O–H groups in total. The van der Waals surface area contributed by atoms with Crippen LogP contribution in [0.1, 0.15) is 46.5 Å². The fourth-order valence-corrected chi connectivity index (χ4v) is 3.32. The lowest BCUT2D eigenvalue weighted by atomic mass is 9.74. The maximum Gasteiger partial charge on any atom is 0.305 e. The minimum Gasteiger partial charge on any atom is -0.421 e. The molecule has 1 saturated carbocycles. The van der Waals surface area contributed by atoms with Gasteiger partial charge >= 0.3 is 11.9 Å². The van der Waals surface area contributed by atoms with E-state index in [4.69, 9.17) is 18.9 Å². The summed E-state index contributed by atoms with van der Waals surface area (Å²) in [5.74, 6) is -3.79. The first-order valence-electron chi connectivity index (χ1n) is 9.29. The first-order valence-corrected chi connectivity index (χ1v) is 9.29. The lowest BCUT2D eigenvalue weighted by Crippen LogP contribution is -2.54. The van der Waals surface area contributed by atoms with E-state index in [1.54, 1.807) is 7.11 Å². The number of carbonyl (C=O) groups excluding carboxylic acids is 2. The van der Waals surface area contributed by atoms with E-state index in [-0.39, 0.29) is 12.3 Å². The van der Waals surface area contributed by atoms with Gasteiger partial charge in [0.2, 0.25) is 0 Å². The molecule has 2 unspecified atom stereocenters. The summed E-state index contributed by atoms with van der Waals surface area (Å²) in [5.41, 5.74) is 0.599. The molecule has 27 heavy (non-hydrogen) atoms. The van der Waals surface area contributed by atoms with Crippen molar-refractivity contribution >= 4 is 17.7 Å². The lowest BCUT2D eigenvalue weighted by molar-refractivity contribution is -0.238. The Labute approximate surface area is 160 Å². The minimum absolute atomic E-state index is 0.00277. The van der Waals surface area contributed by atoms with E-state index < -0.39 is 23.6 Å². The second-order valence-electron chi connectivity index (χ2n) is 6.44. The van der Waals surface area contributed by atoms with Crippen LogP contribution >= 0.6 is 0 Å². The minimum atomic E-state index is -1.63. The van der Waals surface area contributed by atoms with Gasteiger partial charge in [0.05, 0.1) is 6.07 Å². The molecule has 0 aromatic rings. The third kappa shape index (κ3) is 6.92. The molecule has 0 spiro atoms. The first-order chi connectivity index (χ1) is 12.9. The molecule has 0 aromatic heterocycles. The van der Waals surface area contributed by atoms with E-state index in [0.29, 0.717) is 51.3 Å². The van der Waals surface area contributed by atoms with Gasteiger partial charge in [-0.05, 0) is 26.2 Å². The molecule has 8 nitrogen and oxygen atoms in total. The van der Waals surface area contributed by atoms with Gasteiger partial charge in [0, 0.05) is 65.4 Å². The fraction of sp³-hybridized carbons (Fsp3) is 0.789. The summed E-state index contributed by atoms with van der Waals surface area (Å²) in [4.78, 5) is 27.9. The maximum absolute atomic E-state index is 11.7. The molecule has 0 aliphatic heterocycles.